The number of methoxy groups -OCH3 is 3. The van der Waals surface area contributed by atoms with Crippen molar-refractivity contribution in [1.82, 2.24) is 0 Å². The fraction of sp³-hybridized carbons (Fsp3) is 0.903. The largest absolute Gasteiger partial charge is 0.550 e. The number of carboxylic acid groups (broad SMARTS) is 1. The maximum Gasteiger partial charge on any atom is 0.308 e. The minimum atomic E-state index is -1.25. The third-order valence-electron chi connectivity index (χ3n) is 7.57. The van der Waals surface area contributed by atoms with Crippen molar-refractivity contribution in [2.24, 2.45) is 11.8 Å². The van der Waals surface area contributed by atoms with Crippen LogP contribution < -0.4 is 5.11 Å². The van der Waals surface area contributed by atoms with Crippen molar-refractivity contribution in [2.75, 3.05) is 21.3 Å². The van der Waals surface area contributed by atoms with Crippen LogP contribution in [0.25, 0.3) is 0 Å². The lowest BCUT2D eigenvalue weighted by Crippen LogP contribution is -2.59. The Kier molecular flexibility index (Phi) is 19.1. The van der Waals surface area contributed by atoms with Gasteiger partial charge in [-0.1, -0.05) is 72.1 Å². The number of hydrogen-bond donors (Lipinski definition) is 0. The molecule has 1 saturated heterocycles. The quantitative estimate of drug-likeness (QED) is 0.133. The van der Waals surface area contributed by atoms with Gasteiger partial charge in [0.15, 0.2) is 0 Å². The molecule has 1 fully saturated rings. The average molecular weight is 588 g/mol. The van der Waals surface area contributed by atoms with Crippen molar-refractivity contribution >= 4 is 17.9 Å². The fourth-order valence-corrected chi connectivity index (χ4v) is 5.34. The van der Waals surface area contributed by atoms with Crippen molar-refractivity contribution < 1.29 is 47.9 Å². The summed E-state index contributed by atoms with van der Waals surface area (Å²) in [5.74, 6) is -1.97. The van der Waals surface area contributed by atoms with Crippen LogP contribution in [0.1, 0.15) is 111 Å². The van der Waals surface area contributed by atoms with Gasteiger partial charge in [0.25, 0.3) is 0 Å². The van der Waals surface area contributed by atoms with Gasteiger partial charge in [-0.05, 0) is 31.6 Å². The van der Waals surface area contributed by atoms with Gasteiger partial charge in [-0.3, -0.25) is 9.59 Å². The highest BCUT2D eigenvalue weighted by Crippen LogP contribution is 2.28. The maximum absolute atomic E-state index is 12.6. The number of aliphatic carboxylic acids is 1. The molecule has 0 spiro atoms. The molecule has 0 bridgehead atoms. The molecule has 0 aliphatic carbocycles. The molecule has 1 rings (SSSR count). The van der Waals surface area contributed by atoms with Crippen molar-refractivity contribution in [2.45, 2.75) is 148 Å². The molecule has 10 nitrogen and oxygen atoms in total. The van der Waals surface area contributed by atoms with Crippen LogP contribution in [-0.2, 0) is 42.8 Å². The maximum atomic E-state index is 12.6. The molecule has 7 unspecified atom stereocenters. The Bertz CT molecular complexity index is 742. The molecule has 0 saturated carbocycles. The van der Waals surface area contributed by atoms with E-state index in [1.165, 1.54) is 46.3 Å². The van der Waals surface area contributed by atoms with E-state index < -0.39 is 54.7 Å². The highest BCUT2D eigenvalue weighted by atomic mass is 16.7. The SMILES string of the molecule is COC1C(C)OC(OC(=O)CC(C)CC(=O)OC(CCCCCCCCCCC(C)C)CC(=O)[O-])C(OC)C1OC. The van der Waals surface area contributed by atoms with E-state index in [-0.39, 0.29) is 25.2 Å². The van der Waals surface area contributed by atoms with E-state index in [1.54, 1.807) is 21.0 Å². The van der Waals surface area contributed by atoms with Gasteiger partial charge in [0, 0.05) is 46.6 Å². The number of carbonyl (C=O) groups is 3. The number of carbonyl (C=O) groups excluding carboxylic acids is 3. The van der Waals surface area contributed by atoms with Crippen molar-refractivity contribution in [3.05, 3.63) is 0 Å². The van der Waals surface area contributed by atoms with Gasteiger partial charge >= 0.3 is 11.9 Å². The van der Waals surface area contributed by atoms with Gasteiger partial charge in [-0.25, -0.2) is 0 Å². The number of unbranched alkanes of at least 4 members (excludes halogenated alkanes) is 7. The molecule has 10 heteroatoms. The zero-order chi connectivity index (χ0) is 30.8. The summed E-state index contributed by atoms with van der Waals surface area (Å²) in [6.07, 6.45) is 6.66. The molecule has 240 valence electrons. The van der Waals surface area contributed by atoms with Gasteiger partial charge < -0.3 is 38.3 Å². The monoisotopic (exact) mass is 587 g/mol. The van der Waals surface area contributed by atoms with Crippen LogP contribution in [0.2, 0.25) is 0 Å². The number of ether oxygens (including phenoxy) is 6. The molecule has 0 amide bonds. The lowest BCUT2D eigenvalue weighted by Gasteiger charge is -2.43. The van der Waals surface area contributed by atoms with Crippen LogP contribution in [-0.4, -0.2) is 76.0 Å². The molecule has 0 aromatic rings. The van der Waals surface area contributed by atoms with E-state index in [0.717, 1.165) is 31.6 Å². The lowest BCUT2D eigenvalue weighted by atomic mass is 9.99. The molecule has 0 aromatic carbocycles. The third-order valence-corrected chi connectivity index (χ3v) is 7.57. The van der Waals surface area contributed by atoms with E-state index in [1.807, 2.05) is 0 Å². The third kappa shape index (κ3) is 15.3. The Morgan fingerprint density at radius 2 is 1.22 bits per heavy atom. The van der Waals surface area contributed by atoms with E-state index >= 15 is 0 Å². The van der Waals surface area contributed by atoms with Crippen LogP contribution in [0.3, 0.4) is 0 Å². The summed E-state index contributed by atoms with van der Waals surface area (Å²) in [6, 6.07) is 0. The standard InChI is InChI=1S/C31H56O10/c1-21(2)16-14-12-10-8-9-11-13-15-17-24(20-25(32)33)40-26(34)18-22(3)19-27(35)41-31-30(38-7)29(37-6)28(36-5)23(4)39-31/h21-24,28-31H,8-20H2,1-7H3,(H,32,33)/p-1. The number of rotatable bonds is 22. The summed E-state index contributed by atoms with van der Waals surface area (Å²) < 4.78 is 33.3. The second-order valence-corrected chi connectivity index (χ2v) is 11.8. The molecule has 1 heterocycles. The Hall–Kier alpha value is -1.75. The molecular formula is C31H55O10-. The summed E-state index contributed by atoms with van der Waals surface area (Å²) >= 11 is 0. The predicted octanol–water partition coefficient (Wildman–Crippen LogP) is 4.34. The minimum absolute atomic E-state index is 0.0441. The number of esters is 2. The summed E-state index contributed by atoms with van der Waals surface area (Å²) in [6.45, 7) is 8.04. The molecule has 41 heavy (non-hydrogen) atoms. The van der Waals surface area contributed by atoms with Gasteiger partial charge in [0.2, 0.25) is 6.29 Å². The Labute approximate surface area is 247 Å². The Morgan fingerprint density at radius 1 is 0.707 bits per heavy atom. The lowest BCUT2D eigenvalue weighted by molar-refractivity contribution is -0.307. The zero-order valence-corrected chi connectivity index (χ0v) is 26.4. The van der Waals surface area contributed by atoms with E-state index in [0.29, 0.717) is 6.42 Å². The van der Waals surface area contributed by atoms with Gasteiger partial charge in [-0.2, -0.15) is 0 Å². The Morgan fingerprint density at radius 3 is 1.73 bits per heavy atom. The van der Waals surface area contributed by atoms with E-state index in [2.05, 4.69) is 13.8 Å². The second-order valence-electron chi connectivity index (χ2n) is 11.8. The average Bonchev–Trinajstić information content (AvgIpc) is 2.88. The van der Waals surface area contributed by atoms with Crippen molar-refractivity contribution in [3.8, 4) is 0 Å². The van der Waals surface area contributed by atoms with Crippen LogP contribution in [0.5, 0.6) is 0 Å². The molecule has 0 N–H and O–H groups in total. The normalized spacial score (nSPS) is 24.1. The molecule has 1 aliphatic heterocycles. The first-order valence-corrected chi connectivity index (χ1v) is 15.3. The highest BCUT2D eigenvalue weighted by Gasteiger charge is 2.47. The van der Waals surface area contributed by atoms with Gasteiger partial charge in [0.05, 0.1) is 6.10 Å². The van der Waals surface area contributed by atoms with Gasteiger partial charge in [-0.15, -0.1) is 0 Å². The topological polar surface area (TPSA) is 130 Å². The van der Waals surface area contributed by atoms with Crippen LogP contribution in [0.15, 0.2) is 0 Å². The molecule has 1 aliphatic rings. The summed E-state index contributed by atoms with van der Waals surface area (Å²) in [5.41, 5.74) is 0. The minimum Gasteiger partial charge on any atom is -0.550 e. The first-order chi connectivity index (χ1) is 19.5. The number of carboxylic acids is 1. The molecule has 7 atom stereocenters. The van der Waals surface area contributed by atoms with Crippen molar-refractivity contribution in [3.63, 3.8) is 0 Å². The molecule has 0 aromatic heterocycles. The van der Waals surface area contributed by atoms with E-state index in [9.17, 15) is 19.5 Å². The summed E-state index contributed by atoms with van der Waals surface area (Å²) in [7, 11) is 4.55. The van der Waals surface area contributed by atoms with Crippen LogP contribution in [0.4, 0.5) is 0 Å². The first kappa shape index (κ1) is 37.3. The summed E-state index contributed by atoms with van der Waals surface area (Å²) in [5, 5.41) is 11.2. The Balaban J connectivity index is 2.41. The van der Waals surface area contributed by atoms with Crippen molar-refractivity contribution in [1.29, 1.82) is 0 Å². The van der Waals surface area contributed by atoms with Crippen LogP contribution in [0, 0.1) is 11.8 Å². The van der Waals surface area contributed by atoms with E-state index in [4.69, 9.17) is 28.4 Å². The molecule has 0 radical (unpaired) electrons. The molecular weight excluding hydrogens is 532 g/mol. The second kappa shape index (κ2) is 21.0. The smallest absolute Gasteiger partial charge is 0.308 e. The zero-order valence-electron chi connectivity index (χ0n) is 26.4. The van der Waals surface area contributed by atoms with Gasteiger partial charge in [0.1, 0.15) is 24.4 Å². The summed E-state index contributed by atoms with van der Waals surface area (Å²) in [4.78, 5) is 36.4. The fourth-order valence-electron chi connectivity index (χ4n) is 5.34. The predicted molar refractivity (Wildman–Crippen MR) is 152 cm³/mol. The van der Waals surface area contributed by atoms with Crippen LogP contribution >= 0.6 is 0 Å². The highest BCUT2D eigenvalue weighted by molar-refractivity contribution is 5.73. The number of hydrogen-bond acceptors (Lipinski definition) is 10. The first-order valence-electron chi connectivity index (χ1n) is 15.3.